The zero-order valence-electron chi connectivity index (χ0n) is 11.8. The fraction of sp³-hybridized carbons (Fsp3) is 0.429. The Labute approximate surface area is 118 Å². The maximum Gasteiger partial charge on any atom is 0.321 e. The van der Waals surface area contributed by atoms with Crippen LogP contribution in [0, 0.1) is 0 Å². The molecule has 6 heteroatoms. The van der Waals surface area contributed by atoms with E-state index in [0.717, 1.165) is 0 Å². The normalized spacial score (nSPS) is 10.1. The topological polar surface area (TPSA) is 78.9 Å². The number of para-hydroxylation sites is 1. The lowest BCUT2D eigenvalue weighted by Gasteiger charge is -2.18. The molecule has 6 nitrogen and oxygen atoms in total. The van der Waals surface area contributed by atoms with Crippen LogP contribution < -0.4 is 5.32 Å². The number of benzene rings is 1. The fourth-order valence-electron chi connectivity index (χ4n) is 1.62. The summed E-state index contributed by atoms with van der Waals surface area (Å²) >= 11 is 0. The van der Waals surface area contributed by atoms with Gasteiger partial charge < -0.3 is 20.1 Å². The Morgan fingerprint density at radius 1 is 1.35 bits per heavy atom. The highest BCUT2D eigenvalue weighted by atomic mass is 16.5. The number of carbonyl (C=O) groups excluding carboxylic acids is 1. The van der Waals surface area contributed by atoms with Gasteiger partial charge in [0.1, 0.15) is 0 Å². The van der Waals surface area contributed by atoms with Gasteiger partial charge in [0.05, 0.1) is 13.0 Å². The van der Waals surface area contributed by atoms with Gasteiger partial charge in [0, 0.05) is 25.9 Å². The minimum Gasteiger partial charge on any atom is -0.481 e. The van der Waals surface area contributed by atoms with Gasteiger partial charge in [-0.3, -0.25) is 4.79 Å². The van der Waals surface area contributed by atoms with E-state index in [1.807, 2.05) is 6.92 Å². The van der Waals surface area contributed by atoms with Crippen LogP contribution in [0.3, 0.4) is 0 Å². The zero-order chi connectivity index (χ0) is 15.0. The zero-order valence-corrected chi connectivity index (χ0v) is 11.8. The van der Waals surface area contributed by atoms with Crippen LogP contribution in [-0.4, -0.2) is 48.8 Å². The molecule has 0 fully saturated rings. The molecule has 0 aromatic heterocycles. The summed E-state index contributed by atoms with van der Waals surface area (Å²) in [6, 6.07) is 6.58. The van der Waals surface area contributed by atoms with Gasteiger partial charge in [0.25, 0.3) is 0 Å². The van der Waals surface area contributed by atoms with Crippen molar-refractivity contribution in [2.75, 3.05) is 32.1 Å². The molecule has 2 amide bonds. The first-order valence-corrected chi connectivity index (χ1v) is 6.44. The van der Waals surface area contributed by atoms with Gasteiger partial charge in [0.2, 0.25) is 0 Å². The predicted molar refractivity (Wildman–Crippen MR) is 75.9 cm³/mol. The smallest absolute Gasteiger partial charge is 0.321 e. The van der Waals surface area contributed by atoms with Crippen LogP contribution in [0.2, 0.25) is 0 Å². The first kappa shape index (κ1) is 16.0. The SMILES string of the molecule is CCOCCN(C)C(=O)Nc1ccccc1CC(=O)O. The molecule has 0 atom stereocenters. The van der Waals surface area contributed by atoms with Gasteiger partial charge in [-0.25, -0.2) is 4.79 Å². The highest BCUT2D eigenvalue weighted by molar-refractivity contribution is 5.90. The predicted octanol–water partition coefficient (Wildman–Crippen LogP) is 1.81. The molecule has 0 radical (unpaired) electrons. The van der Waals surface area contributed by atoms with Crippen LogP contribution in [0.5, 0.6) is 0 Å². The molecule has 110 valence electrons. The van der Waals surface area contributed by atoms with Crippen molar-refractivity contribution in [3.8, 4) is 0 Å². The Morgan fingerprint density at radius 2 is 2.05 bits per heavy atom. The second-order valence-corrected chi connectivity index (χ2v) is 4.28. The van der Waals surface area contributed by atoms with Crippen LogP contribution in [-0.2, 0) is 16.0 Å². The summed E-state index contributed by atoms with van der Waals surface area (Å²) in [5.74, 6) is -0.934. The molecule has 0 aliphatic rings. The lowest BCUT2D eigenvalue weighted by atomic mass is 10.1. The number of amides is 2. The van der Waals surface area contributed by atoms with Gasteiger partial charge in [-0.05, 0) is 18.6 Å². The Morgan fingerprint density at radius 3 is 2.70 bits per heavy atom. The summed E-state index contributed by atoms with van der Waals surface area (Å²) in [5.41, 5.74) is 1.09. The molecule has 0 heterocycles. The van der Waals surface area contributed by atoms with Crippen molar-refractivity contribution in [1.29, 1.82) is 0 Å². The van der Waals surface area contributed by atoms with Crippen molar-refractivity contribution in [1.82, 2.24) is 4.90 Å². The number of hydrogen-bond donors (Lipinski definition) is 2. The third-order valence-electron chi connectivity index (χ3n) is 2.72. The van der Waals surface area contributed by atoms with Crippen LogP contribution in [0.1, 0.15) is 12.5 Å². The second-order valence-electron chi connectivity index (χ2n) is 4.28. The third kappa shape index (κ3) is 5.27. The first-order valence-electron chi connectivity index (χ1n) is 6.44. The average Bonchev–Trinajstić information content (AvgIpc) is 2.40. The minimum atomic E-state index is -0.934. The van der Waals surface area contributed by atoms with Crippen molar-refractivity contribution in [2.45, 2.75) is 13.3 Å². The van der Waals surface area contributed by atoms with Crippen LogP contribution in [0.25, 0.3) is 0 Å². The Balaban J connectivity index is 2.63. The number of nitrogens with zero attached hydrogens (tertiary/aromatic N) is 1. The molecular weight excluding hydrogens is 260 g/mol. The number of carboxylic acids is 1. The van der Waals surface area contributed by atoms with Gasteiger partial charge in [-0.2, -0.15) is 0 Å². The molecular formula is C14H20N2O4. The number of anilines is 1. The molecule has 0 saturated heterocycles. The van der Waals surface area contributed by atoms with Gasteiger partial charge in [-0.1, -0.05) is 18.2 Å². The first-order chi connectivity index (χ1) is 9.54. The molecule has 0 spiro atoms. The van der Waals surface area contributed by atoms with Crippen molar-refractivity contribution in [3.05, 3.63) is 29.8 Å². The number of aliphatic carboxylic acids is 1. The lowest BCUT2D eigenvalue weighted by molar-refractivity contribution is -0.136. The molecule has 0 bridgehead atoms. The molecule has 20 heavy (non-hydrogen) atoms. The number of hydrogen-bond acceptors (Lipinski definition) is 3. The molecule has 0 aliphatic carbocycles. The molecule has 1 aromatic carbocycles. The van der Waals surface area contributed by atoms with Gasteiger partial charge >= 0.3 is 12.0 Å². The number of ether oxygens (including phenoxy) is 1. The highest BCUT2D eigenvalue weighted by Crippen LogP contribution is 2.16. The summed E-state index contributed by atoms with van der Waals surface area (Å²) in [7, 11) is 1.66. The standard InChI is InChI=1S/C14H20N2O4/c1-3-20-9-8-16(2)14(19)15-12-7-5-4-6-11(12)10-13(17)18/h4-7H,3,8-10H2,1-2H3,(H,15,19)(H,17,18). The molecule has 1 rings (SSSR count). The van der Waals surface area contributed by atoms with E-state index in [1.165, 1.54) is 4.90 Å². The van der Waals surface area contributed by atoms with Crippen molar-refractivity contribution in [2.24, 2.45) is 0 Å². The van der Waals surface area contributed by atoms with Gasteiger partial charge in [0.15, 0.2) is 0 Å². The van der Waals surface area contributed by atoms with E-state index in [4.69, 9.17) is 9.84 Å². The maximum absolute atomic E-state index is 12.0. The number of likely N-dealkylation sites (N-methyl/N-ethyl adjacent to an activating group) is 1. The number of rotatable bonds is 7. The molecule has 1 aromatic rings. The maximum atomic E-state index is 12.0. The van der Waals surface area contributed by atoms with E-state index in [0.29, 0.717) is 31.0 Å². The summed E-state index contributed by atoms with van der Waals surface area (Å²) in [6.45, 7) is 3.44. The van der Waals surface area contributed by atoms with Crippen molar-refractivity contribution >= 4 is 17.7 Å². The average molecular weight is 280 g/mol. The Hall–Kier alpha value is -2.08. The lowest BCUT2D eigenvalue weighted by Crippen LogP contribution is -2.34. The second kappa shape index (κ2) is 8.16. The summed E-state index contributed by atoms with van der Waals surface area (Å²) < 4.78 is 5.18. The van der Waals surface area contributed by atoms with Crippen LogP contribution >= 0.6 is 0 Å². The monoisotopic (exact) mass is 280 g/mol. The van der Waals surface area contributed by atoms with Gasteiger partial charge in [-0.15, -0.1) is 0 Å². The van der Waals surface area contributed by atoms with E-state index in [9.17, 15) is 9.59 Å². The van der Waals surface area contributed by atoms with E-state index < -0.39 is 5.97 Å². The Kier molecular flexibility index (Phi) is 6.52. The van der Waals surface area contributed by atoms with E-state index in [1.54, 1.807) is 31.3 Å². The number of carbonyl (C=O) groups is 2. The third-order valence-corrected chi connectivity index (χ3v) is 2.72. The Bertz CT molecular complexity index is 462. The number of nitrogens with one attached hydrogen (secondary N) is 1. The molecule has 0 aliphatic heterocycles. The summed E-state index contributed by atoms with van der Waals surface area (Å²) in [6.07, 6.45) is -0.126. The van der Waals surface area contributed by atoms with E-state index in [-0.39, 0.29) is 12.5 Å². The number of carboxylic acid groups (broad SMARTS) is 1. The van der Waals surface area contributed by atoms with Crippen LogP contribution in [0.15, 0.2) is 24.3 Å². The highest BCUT2D eigenvalue weighted by Gasteiger charge is 2.12. The van der Waals surface area contributed by atoms with Crippen LogP contribution in [0.4, 0.5) is 10.5 Å². The minimum absolute atomic E-state index is 0.126. The molecule has 2 N–H and O–H groups in total. The quantitative estimate of drug-likeness (QED) is 0.747. The van der Waals surface area contributed by atoms with Crippen molar-refractivity contribution < 1.29 is 19.4 Å². The van der Waals surface area contributed by atoms with E-state index in [2.05, 4.69) is 5.32 Å². The fourth-order valence-corrected chi connectivity index (χ4v) is 1.62. The van der Waals surface area contributed by atoms with Crippen molar-refractivity contribution in [3.63, 3.8) is 0 Å². The van der Waals surface area contributed by atoms with E-state index >= 15 is 0 Å². The number of urea groups is 1. The molecule has 0 saturated carbocycles. The summed E-state index contributed by atoms with van der Waals surface area (Å²) in [4.78, 5) is 24.2. The largest absolute Gasteiger partial charge is 0.481 e. The summed E-state index contributed by atoms with van der Waals surface area (Å²) in [5, 5.41) is 11.5. The molecule has 0 unspecified atom stereocenters.